The molecule has 5 aromatic rings. The van der Waals surface area contributed by atoms with Crippen molar-refractivity contribution in [2.45, 2.75) is 78.6 Å². The van der Waals surface area contributed by atoms with E-state index in [1.807, 2.05) is 57.5 Å². The summed E-state index contributed by atoms with van der Waals surface area (Å²) in [6.45, 7) is 17.4. The Kier molecular flexibility index (Phi) is 20.5. The Balaban J connectivity index is 0.745. The Morgan fingerprint density at radius 1 is 0.922 bits per heavy atom. The van der Waals surface area contributed by atoms with Crippen molar-refractivity contribution in [1.82, 2.24) is 35.8 Å². The van der Waals surface area contributed by atoms with E-state index in [4.69, 9.17) is 30.8 Å². The van der Waals surface area contributed by atoms with E-state index >= 15 is 0 Å². The molecule has 2 aliphatic rings. The zero-order valence-corrected chi connectivity index (χ0v) is 45.3. The number of nitrogens with zero attached hydrogens (tertiary/aromatic N) is 5. The van der Waals surface area contributed by atoms with E-state index in [1.54, 1.807) is 64.9 Å². The van der Waals surface area contributed by atoms with Crippen molar-refractivity contribution in [3.8, 4) is 21.7 Å². The lowest BCUT2D eigenvalue weighted by molar-refractivity contribution is -0.144. The number of likely N-dealkylation sites (tertiary alicyclic amines) is 1. The molecule has 7 rings (SSSR count). The number of benzene rings is 3. The number of hydrogen-bond donors (Lipinski definition) is 4. The number of thiazole rings is 1. The third-order valence-electron chi connectivity index (χ3n) is 12.7. The van der Waals surface area contributed by atoms with Crippen LogP contribution in [-0.2, 0) is 41.7 Å². The van der Waals surface area contributed by atoms with Gasteiger partial charge in [-0.3, -0.25) is 24.2 Å². The number of hydrogen-bond acceptors (Lipinski definition) is 13. The first-order valence-electron chi connectivity index (χ1n) is 25.4. The van der Waals surface area contributed by atoms with E-state index in [9.17, 15) is 28.0 Å². The van der Waals surface area contributed by atoms with Gasteiger partial charge in [0.2, 0.25) is 23.7 Å². The number of anilines is 2. The van der Waals surface area contributed by atoms with Crippen LogP contribution in [0.2, 0.25) is 5.02 Å². The molecule has 77 heavy (non-hydrogen) atoms. The van der Waals surface area contributed by atoms with Crippen LogP contribution in [0.25, 0.3) is 21.7 Å². The number of aryl methyl sites for hydroxylation is 1. The van der Waals surface area contributed by atoms with Gasteiger partial charge in [0.05, 0.1) is 66.0 Å². The third-order valence-corrected chi connectivity index (χ3v) is 13.9. The first-order chi connectivity index (χ1) is 37.0. The number of aliphatic imine (C=N–C) groups is 1. The highest BCUT2D eigenvalue weighted by molar-refractivity contribution is 7.13. The fourth-order valence-corrected chi connectivity index (χ4v) is 9.69. The van der Waals surface area contributed by atoms with Gasteiger partial charge in [0.1, 0.15) is 23.7 Å². The zero-order valence-electron chi connectivity index (χ0n) is 43.7. The first kappa shape index (κ1) is 57.7. The van der Waals surface area contributed by atoms with Crippen LogP contribution < -0.4 is 21.3 Å². The molecule has 0 saturated carbocycles. The molecule has 1 unspecified atom stereocenters. The van der Waals surface area contributed by atoms with Crippen molar-refractivity contribution in [2.24, 2.45) is 10.4 Å². The van der Waals surface area contributed by atoms with Gasteiger partial charge < -0.3 is 40.4 Å². The molecule has 0 radical (unpaired) electrons. The Morgan fingerprint density at radius 2 is 1.65 bits per heavy atom. The lowest BCUT2D eigenvalue weighted by Crippen LogP contribution is -2.57. The Hall–Kier alpha value is -7.03. The molecule has 3 aromatic carbocycles. The molecule has 2 aromatic heterocycles. The molecule has 2 aliphatic heterocycles. The maximum Gasteiger partial charge on any atom is 0.251 e. The van der Waals surface area contributed by atoms with Gasteiger partial charge in [0, 0.05) is 78.4 Å². The van der Waals surface area contributed by atoms with Crippen LogP contribution in [0.4, 0.5) is 20.4 Å². The van der Waals surface area contributed by atoms with Crippen LogP contribution in [-0.4, -0.2) is 114 Å². The summed E-state index contributed by atoms with van der Waals surface area (Å²) in [5.74, 6) is -2.76. The van der Waals surface area contributed by atoms with Gasteiger partial charge in [-0.1, -0.05) is 75.9 Å². The summed E-state index contributed by atoms with van der Waals surface area (Å²) in [5, 5.41) is 12.2. The number of rotatable bonds is 25. The maximum atomic E-state index is 14.8. The van der Waals surface area contributed by atoms with Gasteiger partial charge in [-0.25, -0.2) is 23.7 Å². The summed E-state index contributed by atoms with van der Waals surface area (Å²) in [6, 6.07) is 18.2. The minimum atomic E-state index is -1.01. The first-order valence-corrected chi connectivity index (χ1v) is 26.6. The minimum Gasteiger partial charge on any atom is -0.381 e. The second-order valence-electron chi connectivity index (χ2n) is 19.4. The molecule has 4 N–H and O–H groups in total. The van der Waals surface area contributed by atoms with E-state index in [1.165, 1.54) is 0 Å². The molecule has 4 amide bonds. The monoisotopic (exact) mass is 1090 g/mol. The number of halogens is 3. The van der Waals surface area contributed by atoms with E-state index in [0.29, 0.717) is 97.4 Å². The number of ether oxygens (including phenoxy) is 3. The lowest BCUT2D eigenvalue weighted by atomic mass is 9.85. The average molecular weight is 1090 g/mol. The van der Waals surface area contributed by atoms with Crippen LogP contribution in [0.3, 0.4) is 0 Å². The quantitative estimate of drug-likeness (QED) is 0.0321. The summed E-state index contributed by atoms with van der Waals surface area (Å²) in [4.78, 5) is 73.9. The minimum absolute atomic E-state index is 0.0284. The normalized spacial score (nSPS) is 14.8. The van der Waals surface area contributed by atoms with Crippen molar-refractivity contribution in [3.05, 3.63) is 148 Å². The highest BCUT2D eigenvalue weighted by Crippen LogP contribution is 2.36. The van der Waals surface area contributed by atoms with Crippen LogP contribution in [0.5, 0.6) is 0 Å². The average Bonchev–Trinajstić information content (AvgIpc) is 4.11. The molecular formula is C57H64ClF2N9O7S. The van der Waals surface area contributed by atoms with Crippen molar-refractivity contribution in [1.29, 1.82) is 0 Å². The highest BCUT2D eigenvalue weighted by atomic mass is 35.5. The number of carbonyl (C=O) groups is 4. The van der Waals surface area contributed by atoms with Gasteiger partial charge in [-0.15, -0.1) is 11.3 Å². The van der Waals surface area contributed by atoms with Crippen molar-refractivity contribution >= 4 is 63.9 Å². The second kappa shape index (κ2) is 27.3. The molecule has 0 bridgehead atoms. The van der Waals surface area contributed by atoms with E-state index in [-0.39, 0.29) is 68.0 Å². The molecule has 406 valence electrons. The maximum absolute atomic E-state index is 14.8. The van der Waals surface area contributed by atoms with E-state index in [0.717, 1.165) is 27.8 Å². The SMILES string of the molecule is C=C/C(F)=C(\C(=C)F)C1=NCc2cnc(Nc3ccc(C(=O)NCCOCCOCCCOCCC(=O)N[C@H](C(=O)N4CCCC4C(=O)NCc4ccc(-c5scnc5C)cc4)C(C)(C)C)cc3)nc2-c2ccc(Cl)cc21. The molecule has 20 heteroatoms. The number of nitrogens with one attached hydrogen (secondary N) is 4. The van der Waals surface area contributed by atoms with Crippen LogP contribution >= 0.6 is 22.9 Å². The van der Waals surface area contributed by atoms with Crippen LogP contribution in [0.15, 0.2) is 120 Å². The number of allylic oxidation sites excluding steroid dienone is 4. The lowest BCUT2D eigenvalue weighted by Gasteiger charge is -2.35. The number of aromatic nitrogens is 3. The second-order valence-corrected chi connectivity index (χ2v) is 20.7. The largest absolute Gasteiger partial charge is 0.381 e. The fraction of sp³-hybridized carbons (Fsp3) is 0.368. The predicted molar refractivity (Wildman–Crippen MR) is 295 cm³/mol. The highest BCUT2D eigenvalue weighted by Gasteiger charge is 2.42. The summed E-state index contributed by atoms with van der Waals surface area (Å²) in [5.41, 5.74) is 6.91. The molecule has 16 nitrogen and oxygen atoms in total. The van der Waals surface area contributed by atoms with E-state index in [2.05, 4.69) is 49.4 Å². The van der Waals surface area contributed by atoms with Crippen molar-refractivity contribution in [2.75, 3.05) is 58.0 Å². The van der Waals surface area contributed by atoms with Gasteiger partial charge in [-0.2, -0.15) is 0 Å². The van der Waals surface area contributed by atoms with Gasteiger partial charge in [0.25, 0.3) is 5.91 Å². The van der Waals surface area contributed by atoms with Gasteiger partial charge in [-0.05, 0) is 85.2 Å². The van der Waals surface area contributed by atoms with Crippen LogP contribution in [0.1, 0.15) is 79.2 Å². The van der Waals surface area contributed by atoms with Crippen molar-refractivity contribution in [3.63, 3.8) is 0 Å². The third kappa shape index (κ3) is 15.6. The number of amides is 4. The zero-order chi connectivity index (χ0) is 55.1. The van der Waals surface area contributed by atoms with Crippen LogP contribution in [0, 0.1) is 12.3 Å². The smallest absolute Gasteiger partial charge is 0.251 e. The molecule has 2 atom stereocenters. The molecule has 1 saturated heterocycles. The van der Waals surface area contributed by atoms with Gasteiger partial charge >= 0.3 is 0 Å². The van der Waals surface area contributed by atoms with Gasteiger partial charge in [0.15, 0.2) is 0 Å². The standard InChI is InChI=1S/C57H64ClF2N9O7S/c1-7-45(60)48(35(2)59)50-44-30-41(58)17-20-43(44)49-40(32-62-50)33-64-56(68-49)66-42-18-15-39(16-19-42)53(71)61-22-27-76-29-28-75-25-9-24-74-26-21-47(70)67-52(57(4,5)6)55(73)69-23-8-10-46(69)54(72)63-31-37-11-13-38(14-12-37)51-36(3)65-34-77-51/h7,11-20,30,33-34,46,52H,1-2,8-10,21-29,31-32H2,3-6H3,(H,61,71)(H,63,72)(H,67,70)(H,64,66,68)/b48-45-/t46?,52-/m1/s1. The van der Waals surface area contributed by atoms with E-state index < -0.39 is 34.7 Å². The summed E-state index contributed by atoms with van der Waals surface area (Å²) < 4.78 is 46.4. The fourth-order valence-electron chi connectivity index (χ4n) is 8.71. The Labute approximate surface area is 456 Å². The molecule has 4 heterocycles. The Morgan fingerprint density at radius 3 is 2.34 bits per heavy atom. The summed E-state index contributed by atoms with van der Waals surface area (Å²) in [6.07, 6.45) is 4.40. The number of fused-ring (bicyclic) bond motifs is 3. The molecule has 0 aliphatic carbocycles. The predicted octanol–water partition coefficient (Wildman–Crippen LogP) is 9.57. The molecular weight excluding hydrogens is 1030 g/mol. The summed E-state index contributed by atoms with van der Waals surface area (Å²) >= 11 is 7.91. The topological polar surface area (TPSA) is 198 Å². The van der Waals surface area contributed by atoms with Crippen molar-refractivity contribution < 1.29 is 42.2 Å². The molecule has 0 spiro atoms. The molecule has 1 fully saturated rings. The Bertz CT molecular complexity index is 3000. The number of carbonyl (C=O) groups excluding carboxylic acids is 4. The summed E-state index contributed by atoms with van der Waals surface area (Å²) in [7, 11) is 0.